The number of hydrogen-bond acceptors (Lipinski definition) is 6. The summed E-state index contributed by atoms with van der Waals surface area (Å²) in [7, 11) is 0. The second kappa shape index (κ2) is 11.1. The van der Waals surface area contributed by atoms with Crippen LogP contribution in [0.2, 0.25) is 0 Å². The Labute approximate surface area is 271 Å². The monoisotopic (exact) mass is 622 g/mol. The number of ether oxygens (including phenoxy) is 3. The molecule has 0 amide bonds. The van der Waals surface area contributed by atoms with Crippen LogP contribution in [0.25, 0.3) is 0 Å². The zero-order valence-electron chi connectivity index (χ0n) is 29.2. The lowest BCUT2D eigenvalue weighted by Crippen LogP contribution is -2.76. The van der Waals surface area contributed by atoms with Crippen LogP contribution in [0, 0.1) is 62.6 Å². The second-order valence-electron chi connectivity index (χ2n) is 17.3. The fraction of sp³-hybridized carbons (Fsp3) is 0.769. The third-order valence-electron chi connectivity index (χ3n) is 15.0. The summed E-state index contributed by atoms with van der Waals surface area (Å²) in [5, 5.41) is 0. The Morgan fingerprint density at radius 1 is 0.711 bits per heavy atom. The van der Waals surface area contributed by atoms with Gasteiger partial charge in [0.2, 0.25) is 0 Å². The van der Waals surface area contributed by atoms with Crippen molar-refractivity contribution in [2.75, 3.05) is 0 Å². The van der Waals surface area contributed by atoms with E-state index in [2.05, 4.69) is 75.1 Å². The van der Waals surface area contributed by atoms with E-state index in [0.717, 1.165) is 56.3 Å². The molecule has 5 aliphatic carbocycles. The zero-order chi connectivity index (χ0) is 33.4. The van der Waals surface area contributed by atoms with Crippen LogP contribution in [0.15, 0.2) is 38.0 Å². The van der Waals surface area contributed by atoms with E-state index in [0.29, 0.717) is 29.6 Å². The number of carbonyl (C=O) groups excluding carboxylic acids is 3. The highest BCUT2D eigenvalue weighted by Crippen LogP contribution is 2.79. The minimum atomic E-state index is -1.87. The smallest absolute Gasteiger partial charge is 0.333 e. The van der Waals surface area contributed by atoms with Gasteiger partial charge in [-0.2, -0.15) is 0 Å². The number of carbonyl (C=O) groups is 3. The van der Waals surface area contributed by atoms with Gasteiger partial charge in [0, 0.05) is 18.2 Å². The highest BCUT2D eigenvalue weighted by atomic mass is 16.8. The fourth-order valence-electron chi connectivity index (χ4n) is 12.8. The van der Waals surface area contributed by atoms with E-state index < -0.39 is 35.2 Å². The largest absolute Gasteiger partial charge is 0.451 e. The molecule has 0 aromatic rings. The molecule has 0 N–H and O–H groups in total. The number of fused-ring (bicyclic) bond motifs is 7. The van der Waals surface area contributed by atoms with Crippen LogP contribution in [0.5, 0.6) is 0 Å². The molecule has 0 spiro atoms. The highest BCUT2D eigenvalue weighted by Gasteiger charge is 2.79. The molecule has 5 aliphatic rings. The maximum Gasteiger partial charge on any atom is 0.333 e. The van der Waals surface area contributed by atoms with Gasteiger partial charge < -0.3 is 14.2 Å². The molecule has 0 aliphatic heterocycles. The Bertz CT molecular complexity index is 1240. The lowest BCUT2D eigenvalue weighted by Gasteiger charge is -2.74. The van der Waals surface area contributed by atoms with Crippen molar-refractivity contribution in [2.24, 2.45) is 62.6 Å². The van der Waals surface area contributed by atoms with Crippen molar-refractivity contribution < 1.29 is 28.6 Å². The quantitative estimate of drug-likeness (QED) is 0.161. The first-order valence-corrected chi connectivity index (χ1v) is 17.4. The highest BCUT2D eigenvalue weighted by molar-refractivity contribution is 5.84. The molecule has 5 unspecified atom stereocenters. The van der Waals surface area contributed by atoms with Crippen molar-refractivity contribution in [1.82, 2.24) is 0 Å². The Morgan fingerprint density at radius 2 is 1.31 bits per heavy atom. The Kier molecular flexibility index (Phi) is 8.39. The maximum absolute atomic E-state index is 13.3. The van der Waals surface area contributed by atoms with Gasteiger partial charge >= 0.3 is 17.9 Å². The molecule has 45 heavy (non-hydrogen) atoms. The van der Waals surface area contributed by atoms with Crippen LogP contribution in [-0.4, -0.2) is 29.8 Å². The van der Waals surface area contributed by atoms with Gasteiger partial charge in [-0.25, -0.2) is 14.4 Å². The van der Waals surface area contributed by atoms with Crippen molar-refractivity contribution in [3.8, 4) is 0 Å². The Hall–Kier alpha value is -2.37. The van der Waals surface area contributed by atoms with E-state index in [1.807, 2.05) is 0 Å². The molecule has 0 radical (unpaired) electrons. The van der Waals surface area contributed by atoms with Crippen molar-refractivity contribution in [1.29, 1.82) is 0 Å². The first kappa shape index (κ1) is 34.0. The minimum absolute atomic E-state index is 0.0286. The predicted octanol–water partition coefficient (Wildman–Crippen LogP) is 8.61. The van der Waals surface area contributed by atoms with E-state index in [9.17, 15) is 14.4 Å². The first-order chi connectivity index (χ1) is 20.9. The molecule has 5 rings (SSSR count). The molecule has 5 saturated carbocycles. The van der Waals surface area contributed by atoms with Gasteiger partial charge in [-0.05, 0) is 115 Å². The summed E-state index contributed by atoms with van der Waals surface area (Å²) in [6.45, 7) is 30.0. The van der Waals surface area contributed by atoms with E-state index in [-0.39, 0.29) is 28.1 Å². The summed E-state index contributed by atoms with van der Waals surface area (Å²) >= 11 is 0. The normalized spacial score (nSPS) is 44.2. The molecular formula is C39H58O6. The Balaban J connectivity index is 1.72. The maximum atomic E-state index is 13.3. The average molecular weight is 623 g/mol. The van der Waals surface area contributed by atoms with Gasteiger partial charge in [0.15, 0.2) is 6.10 Å². The number of rotatable bonds is 7. The summed E-state index contributed by atoms with van der Waals surface area (Å²) < 4.78 is 18.8. The number of esters is 3. The summed E-state index contributed by atoms with van der Waals surface area (Å²) in [6.07, 6.45) is 11.6. The standard InChI is InChI=1S/C39H58O6/c1-12-30(40)43-29-23-34(6,7)27-18-20-37(10)28(38(27,11)39(29,44-31(41)13-2)45-32(42)14-3)16-15-26-33-25(24(4)5)17-19-35(33,8)21-22-36(26,37)9/h12-14,24-29,33H,1-3,15-23H2,4-11H3/t25-,26?,27?,28?,29?,33?,35-,36-,37-,38+/m1/s1. The molecule has 6 heteroatoms. The van der Waals surface area contributed by atoms with E-state index in [4.69, 9.17) is 14.2 Å². The van der Waals surface area contributed by atoms with E-state index in [1.165, 1.54) is 19.3 Å². The minimum Gasteiger partial charge on any atom is -0.451 e. The van der Waals surface area contributed by atoms with Gasteiger partial charge in [-0.3, -0.25) is 0 Å². The molecule has 0 heterocycles. The van der Waals surface area contributed by atoms with Crippen LogP contribution < -0.4 is 0 Å². The molecule has 6 nitrogen and oxygen atoms in total. The van der Waals surface area contributed by atoms with Gasteiger partial charge in [-0.15, -0.1) is 0 Å². The second-order valence-corrected chi connectivity index (χ2v) is 17.3. The van der Waals surface area contributed by atoms with Gasteiger partial charge in [0.25, 0.3) is 5.79 Å². The van der Waals surface area contributed by atoms with E-state index >= 15 is 0 Å². The summed E-state index contributed by atoms with van der Waals surface area (Å²) in [4.78, 5) is 39.5. The first-order valence-electron chi connectivity index (χ1n) is 17.4. The lowest BCUT2D eigenvalue weighted by atomic mass is 9.31. The van der Waals surface area contributed by atoms with Gasteiger partial charge in [0.1, 0.15) is 0 Å². The van der Waals surface area contributed by atoms with Crippen molar-refractivity contribution in [3.05, 3.63) is 38.0 Å². The summed E-state index contributed by atoms with van der Waals surface area (Å²) in [5.74, 6) is -1.21. The molecule has 5 fully saturated rings. The Morgan fingerprint density at radius 3 is 1.87 bits per heavy atom. The third-order valence-corrected chi connectivity index (χ3v) is 15.0. The molecule has 0 aromatic carbocycles. The summed E-state index contributed by atoms with van der Waals surface area (Å²) in [5.41, 5.74) is -0.865. The fourth-order valence-corrected chi connectivity index (χ4v) is 12.8. The molecule has 250 valence electrons. The van der Waals surface area contributed by atoms with Gasteiger partial charge in [0.05, 0.1) is 5.41 Å². The van der Waals surface area contributed by atoms with Crippen molar-refractivity contribution in [2.45, 2.75) is 125 Å². The molecule has 0 bridgehead atoms. The molecule has 0 aromatic heterocycles. The molecule has 0 saturated heterocycles. The van der Waals surface area contributed by atoms with E-state index in [1.54, 1.807) is 0 Å². The predicted molar refractivity (Wildman–Crippen MR) is 175 cm³/mol. The third kappa shape index (κ3) is 4.65. The molecular weight excluding hydrogens is 564 g/mol. The zero-order valence-corrected chi connectivity index (χ0v) is 29.2. The van der Waals surface area contributed by atoms with Crippen LogP contribution in [-0.2, 0) is 28.6 Å². The average Bonchev–Trinajstić information content (AvgIpc) is 3.33. The SMILES string of the molecule is C=CC(=O)OC1CC(C)(C)C2CC[C@]3(C)C(CCC4C5[C@@H](C(C)C)CC[C@]5(C)CC[C@]43C)[C@@]2(C)C1(OC(=O)C=C)OC(=O)C=C. The lowest BCUT2D eigenvalue weighted by molar-refractivity contribution is -0.381. The summed E-state index contributed by atoms with van der Waals surface area (Å²) in [6, 6.07) is 0. The van der Waals surface area contributed by atoms with Crippen LogP contribution in [0.3, 0.4) is 0 Å². The van der Waals surface area contributed by atoms with Gasteiger partial charge in [-0.1, -0.05) is 75.1 Å². The van der Waals surface area contributed by atoms with Crippen LogP contribution in [0.1, 0.15) is 113 Å². The van der Waals surface area contributed by atoms with Crippen molar-refractivity contribution in [3.63, 3.8) is 0 Å². The number of hydrogen-bond donors (Lipinski definition) is 0. The molecule has 10 atom stereocenters. The topological polar surface area (TPSA) is 78.9 Å². The van der Waals surface area contributed by atoms with Crippen LogP contribution in [0.4, 0.5) is 0 Å². The van der Waals surface area contributed by atoms with Crippen LogP contribution >= 0.6 is 0 Å². The van der Waals surface area contributed by atoms with Crippen molar-refractivity contribution >= 4 is 17.9 Å².